The zero-order valence-corrected chi connectivity index (χ0v) is 16.4. The van der Waals surface area contributed by atoms with Gasteiger partial charge in [-0.3, -0.25) is 9.59 Å². The van der Waals surface area contributed by atoms with E-state index in [0.717, 1.165) is 17.5 Å². The van der Waals surface area contributed by atoms with Gasteiger partial charge in [-0.2, -0.15) is 0 Å². The third-order valence-electron chi connectivity index (χ3n) is 6.18. The second kappa shape index (κ2) is 7.81. The monoisotopic (exact) mass is 412 g/mol. The molecule has 0 aromatic heterocycles. The molecule has 4 atom stereocenters. The van der Waals surface area contributed by atoms with Crippen molar-refractivity contribution in [3.8, 4) is 0 Å². The molecule has 158 valence electrons. The van der Waals surface area contributed by atoms with E-state index in [1.807, 2.05) is 23.1 Å². The highest BCUT2D eigenvalue weighted by molar-refractivity contribution is 5.83. The first-order valence-corrected chi connectivity index (χ1v) is 10.3. The third kappa shape index (κ3) is 3.48. The fraction of sp³-hybridized carbons (Fsp3) is 0.391. The molecule has 6 nitrogen and oxygen atoms in total. The number of nitrogens with one attached hydrogen (secondary N) is 1. The van der Waals surface area contributed by atoms with Crippen LogP contribution in [0.3, 0.4) is 0 Å². The minimum absolute atomic E-state index is 0. The highest BCUT2D eigenvalue weighted by atomic mass is 19.1. The minimum atomic E-state index is -0.651. The van der Waals surface area contributed by atoms with Crippen LogP contribution in [0.4, 0.5) is 4.39 Å². The number of amides is 2. The molecule has 2 amide bonds. The number of rotatable bonds is 2. The number of benzene rings is 2. The Morgan fingerprint density at radius 1 is 1.13 bits per heavy atom. The van der Waals surface area contributed by atoms with E-state index in [2.05, 4.69) is 11.4 Å². The van der Waals surface area contributed by atoms with E-state index in [9.17, 15) is 14.0 Å². The standard InChI is InChI=1S/C23H23FN2O4.H2/c24-16-7-5-15(6-8-16)22-17-4-2-1-3-14(17)9-10-26(22)23(28)19-11-18-20(12-29-19)30-13-21(27)25-18;/h1-8,18-20,22H,9-13H2,(H,25,27);1H/t18-,19+,20+,22-;/m0./s1. The van der Waals surface area contributed by atoms with Crippen LogP contribution < -0.4 is 5.32 Å². The van der Waals surface area contributed by atoms with Crippen molar-refractivity contribution in [1.82, 2.24) is 10.2 Å². The van der Waals surface area contributed by atoms with Gasteiger partial charge in [-0.1, -0.05) is 36.4 Å². The Morgan fingerprint density at radius 2 is 1.93 bits per heavy atom. The molecule has 2 aromatic rings. The lowest BCUT2D eigenvalue weighted by atomic mass is 9.87. The molecular formula is C23H25FN2O4. The van der Waals surface area contributed by atoms with Gasteiger partial charge in [0, 0.05) is 14.4 Å². The second-order valence-electron chi connectivity index (χ2n) is 8.02. The molecule has 0 unspecified atom stereocenters. The number of halogens is 1. The van der Waals surface area contributed by atoms with Gasteiger partial charge in [0.15, 0.2) is 0 Å². The average Bonchev–Trinajstić information content (AvgIpc) is 2.78. The van der Waals surface area contributed by atoms with Gasteiger partial charge in [0.25, 0.3) is 5.91 Å². The van der Waals surface area contributed by atoms with Crippen molar-refractivity contribution in [3.63, 3.8) is 0 Å². The van der Waals surface area contributed by atoms with Crippen molar-refractivity contribution in [2.24, 2.45) is 0 Å². The summed E-state index contributed by atoms with van der Waals surface area (Å²) < 4.78 is 24.9. The van der Waals surface area contributed by atoms with Crippen LogP contribution in [0.15, 0.2) is 48.5 Å². The number of hydrogen-bond acceptors (Lipinski definition) is 4. The number of carbonyl (C=O) groups excluding carboxylic acids is 2. The Labute approximate surface area is 175 Å². The molecule has 2 saturated heterocycles. The third-order valence-corrected chi connectivity index (χ3v) is 6.18. The van der Waals surface area contributed by atoms with E-state index < -0.39 is 6.10 Å². The van der Waals surface area contributed by atoms with Gasteiger partial charge in [-0.15, -0.1) is 0 Å². The summed E-state index contributed by atoms with van der Waals surface area (Å²) in [6.45, 7) is 0.848. The van der Waals surface area contributed by atoms with E-state index in [4.69, 9.17) is 9.47 Å². The highest BCUT2D eigenvalue weighted by Gasteiger charge is 2.42. The predicted molar refractivity (Wildman–Crippen MR) is 108 cm³/mol. The summed E-state index contributed by atoms with van der Waals surface area (Å²) in [6, 6.07) is 13.8. The first-order chi connectivity index (χ1) is 14.6. The van der Waals surface area contributed by atoms with Crippen molar-refractivity contribution in [3.05, 3.63) is 71.0 Å². The molecule has 0 bridgehead atoms. The lowest BCUT2D eigenvalue weighted by molar-refractivity contribution is -0.168. The van der Waals surface area contributed by atoms with Gasteiger partial charge in [0.2, 0.25) is 5.91 Å². The lowest BCUT2D eigenvalue weighted by Gasteiger charge is -2.43. The SMILES string of the molecule is O=C1CO[C@@H]2CO[C@@H](C(=O)N3CCc4ccccc4[C@@H]3c3ccc(F)cc3)C[C@@H]2N1.[HH]. The number of nitrogens with zero attached hydrogens (tertiary/aromatic N) is 1. The molecule has 7 heteroatoms. The number of morpholine rings is 1. The van der Waals surface area contributed by atoms with E-state index in [1.54, 1.807) is 12.1 Å². The van der Waals surface area contributed by atoms with Crippen molar-refractivity contribution in [2.75, 3.05) is 19.8 Å². The van der Waals surface area contributed by atoms with Crippen LogP contribution in [-0.2, 0) is 25.5 Å². The minimum Gasteiger partial charge on any atom is -0.366 e. The van der Waals surface area contributed by atoms with Gasteiger partial charge >= 0.3 is 0 Å². The van der Waals surface area contributed by atoms with E-state index in [0.29, 0.717) is 13.0 Å². The molecule has 2 fully saturated rings. The van der Waals surface area contributed by atoms with E-state index in [1.165, 1.54) is 17.7 Å². The molecular weight excluding hydrogens is 387 g/mol. The topological polar surface area (TPSA) is 67.9 Å². The van der Waals surface area contributed by atoms with Crippen LogP contribution >= 0.6 is 0 Å². The quantitative estimate of drug-likeness (QED) is 0.822. The molecule has 1 N–H and O–H groups in total. The van der Waals surface area contributed by atoms with Crippen molar-refractivity contribution in [1.29, 1.82) is 0 Å². The first-order valence-electron chi connectivity index (χ1n) is 10.3. The summed E-state index contributed by atoms with van der Waals surface area (Å²) >= 11 is 0. The first kappa shape index (κ1) is 19.2. The molecule has 5 rings (SSSR count). The van der Waals surface area contributed by atoms with Crippen LogP contribution in [0, 0.1) is 5.82 Å². The average molecular weight is 412 g/mol. The summed E-state index contributed by atoms with van der Waals surface area (Å²) in [6.07, 6.45) is 0.255. The molecule has 2 aromatic carbocycles. The molecule has 3 aliphatic rings. The number of fused-ring (bicyclic) bond motifs is 2. The smallest absolute Gasteiger partial charge is 0.252 e. The molecule has 0 aliphatic carbocycles. The number of hydrogen-bond donors (Lipinski definition) is 1. The van der Waals surface area contributed by atoms with Crippen LogP contribution in [0.5, 0.6) is 0 Å². The summed E-state index contributed by atoms with van der Waals surface area (Å²) in [5, 5.41) is 2.91. The molecule has 0 saturated carbocycles. The Bertz CT molecular complexity index is 970. The highest BCUT2D eigenvalue weighted by Crippen LogP contribution is 2.36. The van der Waals surface area contributed by atoms with Crippen LogP contribution in [-0.4, -0.2) is 54.7 Å². The van der Waals surface area contributed by atoms with Gasteiger partial charge in [0.1, 0.15) is 24.6 Å². The van der Waals surface area contributed by atoms with Gasteiger partial charge in [0.05, 0.1) is 18.7 Å². The molecule has 30 heavy (non-hydrogen) atoms. The van der Waals surface area contributed by atoms with Gasteiger partial charge < -0.3 is 19.7 Å². The van der Waals surface area contributed by atoms with Crippen molar-refractivity contribution < 1.29 is 24.9 Å². The fourth-order valence-electron chi connectivity index (χ4n) is 4.69. The Morgan fingerprint density at radius 3 is 2.77 bits per heavy atom. The second-order valence-corrected chi connectivity index (χ2v) is 8.02. The molecule has 0 radical (unpaired) electrons. The number of carbonyl (C=O) groups is 2. The fourth-order valence-corrected chi connectivity index (χ4v) is 4.69. The van der Waals surface area contributed by atoms with E-state index in [-0.39, 0.29) is 50.5 Å². The maximum Gasteiger partial charge on any atom is 0.252 e. The van der Waals surface area contributed by atoms with Crippen molar-refractivity contribution in [2.45, 2.75) is 37.1 Å². The molecule has 3 aliphatic heterocycles. The maximum absolute atomic E-state index is 13.5. The normalized spacial score (nSPS) is 28.3. The molecule has 3 heterocycles. The van der Waals surface area contributed by atoms with Crippen molar-refractivity contribution >= 4 is 11.8 Å². The van der Waals surface area contributed by atoms with Crippen LogP contribution in [0.2, 0.25) is 0 Å². The summed E-state index contributed by atoms with van der Waals surface area (Å²) in [5.74, 6) is -0.590. The Hall–Kier alpha value is -2.77. The summed E-state index contributed by atoms with van der Waals surface area (Å²) in [5.41, 5.74) is 3.10. The Kier molecular flexibility index (Phi) is 5.00. The largest absolute Gasteiger partial charge is 0.366 e. The zero-order chi connectivity index (χ0) is 20.7. The predicted octanol–water partition coefficient (Wildman–Crippen LogP) is 2.22. The van der Waals surface area contributed by atoms with Gasteiger partial charge in [-0.05, 0) is 35.2 Å². The van der Waals surface area contributed by atoms with Crippen LogP contribution in [0.25, 0.3) is 0 Å². The Balaban J connectivity index is 0.00000231. The number of ether oxygens (including phenoxy) is 2. The van der Waals surface area contributed by atoms with E-state index >= 15 is 0 Å². The van der Waals surface area contributed by atoms with Crippen LogP contribution in [0.1, 0.15) is 30.6 Å². The molecule has 0 spiro atoms. The maximum atomic E-state index is 13.5. The zero-order valence-electron chi connectivity index (χ0n) is 16.4. The summed E-state index contributed by atoms with van der Waals surface area (Å²) in [7, 11) is 0. The lowest BCUT2D eigenvalue weighted by Crippen LogP contribution is -2.60. The van der Waals surface area contributed by atoms with Gasteiger partial charge in [-0.25, -0.2) is 4.39 Å². The summed E-state index contributed by atoms with van der Waals surface area (Å²) in [4.78, 5) is 27.1.